The van der Waals surface area contributed by atoms with Crippen molar-refractivity contribution in [2.75, 3.05) is 19.0 Å². The molecule has 1 aromatic carbocycles. The van der Waals surface area contributed by atoms with Gasteiger partial charge in [-0.3, -0.25) is 0 Å². The largest absolute Gasteiger partial charge is 0.466 e. The molecule has 0 saturated carbocycles. The second-order valence-corrected chi connectivity index (χ2v) is 3.45. The van der Waals surface area contributed by atoms with Gasteiger partial charge in [0.05, 0.1) is 18.7 Å². The Kier molecular flexibility index (Phi) is 4.77. The van der Waals surface area contributed by atoms with Crippen LogP contribution >= 0.6 is 0 Å². The van der Waals surface area contributed by atoms with E-state index in [1.807, 2.05) is 6.07 Å². The molecule has 0 unspecified atom stereocenters. The average Bonchev–Trinajstić information content (AvgIpc) is 2.37. The number of ether oxygens (including phenoxy) is 1. The van der Waals surface area contributed by atoms with Crippen LogP contribution in [0, 0.1) is 11.3 Å². The third-order valence-corrected chi connectivity index (χ3v) is 2.21. The number of nitrogens with zero attached hydrogens (tertiary/aromatic N) is 1. The smallest absolute Gasteiger partial charge is 0.333 e. The van der Waals surface area contributed by atoms with Crippen molar-refractivity contribution in [1.29, 1.82) is 5.26 Å². The molecule has 1 rings (SSSR count). The molecule has 0 radical (unpaired) electrons. The number of benzene rings is 1. The van der Waals surface area contributed by atoms with Gasteiger partial charge in [-0.2, -0.15) is 5.26 Å². The molecule has 0 aliphatic rings. The first-order chi connectivity index (χ1) is 8.17. The number of carbonyl (C=O) groups excluding carboxylic acids is 1. The van der Waals surface area contributed by atoms with E-state index in [2.05, 4.69) is 16.1 Å². The average molecular weight is 230 g/mol. The Morgan fingerprint density at radius 3 is 3.00 bits per heavy atom. The molecule has 0 bridgehead atoms. The monoisotopic (exact) mass is 230 g/mol. The first-order valence-corrected chi connectivity index (χ1v) is 5.16. The van der Waals surface area contributed by atoms with Crippen LogP contribution in [0.5, 0.6) is 0 Å². The summed E-state index contributed by atoms with van der Waals surface area (Å²) in [7, 11) is 1.35. The van der Waals surface area contributed by atoms with Crippen LogP contribution in [0.25, 0.3) is 0 Å². The van der Waals surface area contributed by atoms with Crippen molar-refractivity contribution in [3.8, 4) is 6.07 Å². The molecule has 0 aromatic heterocycles. The van der Waals surface area contributed by atoms with Crippen LogP contribution in [0.2, 0.25) is 0 Å². The summed E-state index contributed by atoms with van der Waals surface area (Å²) in [6.45, 7) is 2.20. The Bertz CT molecular complexity index is 473. The molecule has 4 nitrogen and oxygen atoms in total. The van der Waals surface area contributed by atoms with E-state index < -0.39 is 0 Å². The Morgan fingerprint density at radius 1 is 1.59 bits per heavy atom. The predicted molar refractivity (Wildman–Crippen MR) is 65.4 cm³/mol. The summed E-state index contributed by atoms with van der Waals surface area (Å²) in [5.74, 6) is -0.336. The topological polar surface area (TPSA) is 62.1 Å². The van der Waals surface area contributed by atoms with Crippen LogP contribution in [0.15, 0.2) is 35.9 Å². The normalized spacial score (nSPS) is 10.5. The van der Waals surface area contributed by atoms with Gasteiger partial charge in [0.25, 0.3) is 0 Å². The number of hydrogen-bond acceptors (Lipinski definition) is 4. The molecule has 1 N–H and O–H groups in total. The fourth-order valence-electron chi connectivity index (χ4n) is 1.26. The Balaban J connectivity index is 2.57. The first-order valence-electron chi connectivity index (χ1n) is 5.16. The van der Waals surface area contributed by atoms with Crippen LogP contribution in [0.4, 0.5) is 5.69 Å². The molecule has 0 aliphatic carbocycles. The molecule has 0 fully saturated rings. The molecule has 1 aromatic rings. The molecule has 0 saturated heterocycles. The van der Waals surface area contributed by atoms with Gasteiger partial charge in [0.15, 0.2) is 0 Å². The molecular weight excluding hydrogens is 216 g/mol. The van der Waals surface area contributed by atoms with E-state index >= 15 is 0 Å². The number of hydrogen-bond donors (Lipinski definition) is 1. The van der Waals surface area contributed by atoms with Crippen LogP contribution in [-0.4, -0.2) is 19.6 Å². The van der Waals surface area contributed by atoms with E-state index in [1.54, 1.807) is 31.2 Å². The van der Waals surface area contributed by atoms with E-state index in [-0.39, 0.29) is 5.97 Å². The van der Waals surface area contributed by atoms with Gasteiger partial charge in [0.2, 0.25) is 0 Å². The highest BCUT2D eigenvalue weighted by Gasteiger charge is 2.01. The summed E-state index contributed by atoms with van der Waals surface area (Å²) in [6, 6.07) is 9.22. The lowest BCUT2D eigenvalue weighted by atomic mass is 10.2. The van der Waals surface area contributed by atoms with Crippen molar-refractivity contribution in [3.63, 3.8) is 0 Å². The minimum absolute atomic E-state index is 0.336. The maximum atomic E-state index is 11.1. The lowest BCUT2D eigenvalue weighted by molar-refractivity contribution is -0.136. The zero-order valence-corrected chi connectivity index (χ0v) is 9.86. The number of nitrogens with one attached hydrogen (secondary N) is 1. The molecule has 0 heterocycles. The summed E-state index contributed by atoms with van der Waals surface area (Å²) in [6.07, 6.45) is 1.74. The molecule has 88 valence electrons. The van der Waals surface area contributed by atoms with E-state index in [1.165, 1.54) is 7.11 Å². The molecule has 17 heavy (non-hydrogen) atoms. The highest BCUT2D eigenvalue weighted by Crippen LogP contribution is 2.09. The van der Waals surface area contributed by atoms with E-state index in [4.69, 9.17) is 5.26 Å². The fraction of sp³-hybridized carbons (Fsp3) is 0.231. The Labute approximate surface area is 101 Å². The highest BCUT2D eigenvalue weighted by molar-refractivity contribution is 5.87. The van der Waals surface area contributed by atoms with E-state index in [0.29, 0.717) is 17.7 Å². The fourth-order valence-corrected chi connectivity index (χ4v) is 1.26. The van der Waals surface area contributed by atoms with Crippen molar-refractivity contribution < 1.29 is 9.53 Å². The minimum atomic E-state index is -0.336. The first kappa shape index (κ1) is 12.8. The molecule has 0 atom stereocenters. The zero-order chi connectivity index (χ0) is 12.7. The third kappa shape index (κ3) is 3.99. The van der Waals surface area contributed by atoms with Crippen LogP contribution < -0.4 is 5.32 Å². The number of carbonyl (C=O) groups is 1. The number of methoxy groups -OCH3 is 1. The van der Waals surface area contributed by atoms with Crippen molar-refractivity contribution >= 4 is 11.7 Å². The summed E-state index contributed by atoms with van der Waals surface area (Å²) in [4.78, 5) is 11.1. The highest BCUT2D eigenvalue weighted by atomic mass is 16.5. The lowest BCUT2D eigenvalue weighted by Gasteiger charge is -2.04. The second-order valence-electron chi connectivity index (χ2n) is 3.45. The zero-order valence-electron chi connectivity index (χ0n) is 9.86. The maximum Gasteiger partial charge on any atom is 0.333 e. The van der Waals surface area contributed by atoms with Crippen molar-refractivity contribution in [2.24, 2.45) is 0 Å². The number of nitriles is 1. The molecular formula is C13H14N2O2. The van der Waals surface area contributed by atoms with Gasteiger partial charge >= 0.3 is 5.97 Å². The Morgan fingerprint density at radius 2 is 2.35 bits per heavy atom. The number of rotatable bonds is 4. The van der Waals surface area contributed by atoms with E-state index in [0.717, 1.165) is 5.69 Å². The molecule has 0 amide bonds. The molecule has 0 aliphatic heterocycles. The SMILES string of the molecule is COC(=O)/C(C)=C/CNc1cccc(C#N)c1. The van der Waals surface area contributed by atoms with Gasteiger partial charge < -0.3 is 10.1 Å². The Hall–Kier alpha value is -2.28. The summed E-state index contributed by atoms with van der Waals surface area (Å²) >= 11 is 0. The number of esters is 1. The summed E-state index contributed by atoms with van der Waals surface area (Å²) in [5, 5.41) is 11.8. The molecule has 4 heteroatoms. The van der Waals surface area contributed by atoms with Gasteiger partial charge in [-0.1, -0.05) is 12.1 Å². The standard InChI is InChI=1S/C13H14N2O2/c1-10(13(16)17-2)6-7-15-12-5-3-4-11(8-12)9-14/h3-6,8,15H,7H2,1-2H3/b10-6+. The summed E-state index contributed by atoms with van der Waals surface area (Å²) < 4.78 is 4.57. The van der Waals surface area contributed by atoms with Crippen LogP contribution in [0.3, 0.4) is 0 Å². The number of anilines is 1. The quantitative estimate of drug-likeness (QED) is 0.635. The lowest BCUT2D eigenvalue weighted by Crippen LogP contribution is -2.05. The van der Waals surface area contributed by atoms with Crippen molar-refractivity contribution in [3.05, 3.63) is 41.5 Å². The molecule has 0 spiro atoms. The second kappa shape index (κ2) is 6.33. The van der Waals surface area contributed by atoms with Gasteiger partial charge in [0, 0.05) is 17.8 Å². The van der Waals surface area contributed by atoms with Gasteiger partial charge in [-0.25, -0.2) is 4.79 Å². The predicted octanol–water partition coefficient (Wildman–Crippen LogP) is 2.09. The van der Waals surface area contributed by atoms with Crippen molar-refractivity contribution in [1.82, 2.24) is 0 Å². The third-order valence-electron chi connectivity index (χ3n) is 2.21. The maximum absolute atomic E-state index is 11.1. The van der Waals surface area contributed by atoms with Gasteiger partial charge in [-0.05, 0) is 25.1 Å². The van der Waals surface area contributed by atoms with Crippen LogP contribution in [0.1, 0.15) is 12.5 Å². The van der Waals surface area contributed by atoms with Crippen molar-refractivity contribution in [2.45, 2.75) is 6.92 Å². The summed E-state index contributed by atoms with van der Waals surface area (Å²) in [5.41, 5.74) is 2.00. The van der Waals surface area contributed by atoms with Gasteiger partial charge in [0.1, 0.15) is 0 Å². The minimum Gasteiger partial charge on any atom is -0.466 e. The van der Waals surface area contributed by atoms with Crippen LogP contribution in [-0.2, 0) is 9.53 Å². The van der Waals surface area contributed by atoms with Gasteiger partial charge in [-0.15, -0.1) is 0 Å². The van der Waals surface area contributed by atoms with E-state index in [9.17, 15) is 4.79 Å².